The Morgan fingerprint density at radius 2 is 2.15 bits per heavy atom. The molecule has 0 amide bonds. The van der Waals surface area contributed by atoms with Crippen molar-refractivity contribution < 1.29 is 9.13 Å². The van der Waals surface area contributed by atoms with Gasteiger partial charge in [0.05, 0.1) is 34.8 Å². The quantitative estimate of drug-likeness (QED) is 0.846. The molecule has 0 aliphatic rings. The second-order valence-corrected chi connectivity index (χ2v) is 4.38. The first kappa shape index (κ1) is 14.0. The molecule has 0 bridgehead atoms. The Hall–Kier alpha value is -2.45. The van der Waals surface area contributed by atoms with Gasteiger partial charge in [0, 0.05) is 6.07 Å². The van der Waals surface area contributed by atoms with E-state index in [0.717, 1.165) is 0 Å². The number of benzene rings is 2. The molecule has 0 aliphatic heterocycles. The van der Waals surface area contributed by atoms with Crippen molar-refractivity contribution in [1.82, 2.24) is 0 Å². The number of nitrogens with two attached hydrogens (primary N) is 1. The molecular formula is C14H11ClFN3O. The van der Waals surface area contributed by atoms with Gasteiger partial charge in [-0.05, 0) is 18.2 Å². The van der Waals surface area contributed by atoms with Crippen molar-refractivity contribution >= 4 is 28.7 Å². The number of halogens is 2. The highest BCUT2D eigenvalue weighted by Gasteiger charge is 2.12. The van der Waals surface area contributed by atoms with E-state index < -0.39 is 5.82 Å². The number of nitrogen functional groups attached to an aromatic ring is 1. The lowest BCUT2D eigenvalue weighted by atomic mass is 10.1. The van der Waals surface area contributed by atoms with Gasteiger partial charge in [0.25, 0.3) is 0 Å². The minimum absolute atomic E-state index is 0.0615. The van der Waals surface area contributed by atoms with Gasteiger partial charge in [-0.15, -0.1) is 0 Å². The van der Waals surface area contributed by atoms with Crippen molar-refractivity contribution in [3.63, 3.8) is 0 Å². The molecule has 0 spiro atoms. The third kappa shape index (κ3) is 2.60. The van der Waals surface area contributed by atoms with E-state index in [1.807, 2.05) is 6.07 Å². The van der Waals surface area contributed by atoms with Gasteiger partial charge < -0.3 is 15.8 Å². The Labute approximate surface area is 120 Å². The normalized spacial score (nSPS) is 9.90. The lowest BCUT2D eigenvalue weighted by molar-refractivity contribution is 0.416. The van der Waals surface area contributed by atoms with Gasteiger partial charge in [0.15, 0.2) is 0 Å². The second kappa shape index (κ2) is 5.68. The highest BCUT2D eigenvalue weighted by molar-refractivity contribution is 6.31. The number of hydrogen-bond donors (Lipinski definition) is 2. The maximum absolute atomic E-state index is 13.5. The first-order valence-corrected chi connectivity index (χ1v) is 6.03. The van der Waals surface area contributed by atoms with Crippen LogP contribution in [0.2, 0.25) is 5.02 Å². The lowest BCUT2D eigenvalue weighted by Crippen LogP contribution is -2.01. The topological polar surface area (TPSA) is 71.1 Å². The van der Waals surface area contributed by atoms with Gasteiger partial charge in [-0.2, -0.15) is 5.26 Å². The summed E-state index contributed by atoms with van der Waals surface area (Å²) >= 11 is 5.65. The zero-order valence-electron chi connectivity index (χ0n) is 10.6. The van der Waals surface area contributed by atoms with Gasteiger partial charge in [0.1, 0.15) is 17.6 Å². The Morgan fingerprint density at radius 1 is 1.40 bits per heavy atom. The standard InChI is InChI=1S/C14H11ClFN3O/c1-20-13-4-2-3-8(7-17)14(13)19-12-6-10(16)9(15)5-11(12)18/h2-6,19H,18H2,1H3. The Bertz CT molecular complexity index is 698. The van der Waals surface area contributed by atoms with Gasteiger partial charge in [0.2, 0.25) is 0 Å². The molecule has 102 valence electrons. The van der Waals surface area contributed by atoms with Crippen LogP contribution >= 0.6 is 11.6 Å². The third-order valence-corrected chi connectivity index (χ3v) is 3.01. The van der Waals surface area contributed by atoms with Crippen LogP contribution < -0.4 is 15.8 Å². The van der Waals surface area contributed by atoms with E-state index in [1.54, 1.807) is 18.2 Å². The number of nitriles is 1. The molecule has 0 unspecified atom stereocenters. The molecule has 2 aromatic carbocycles. The molecule has 0 radical (unpaired) electrons. The van der Waals surface area contributed by atoms with Crippen molar-refractivity contribution in [2.75, 3.05) is 18.2 Å². The fraction of sp³-hybridized carbons (Fsp3) is 0.0714. The average molecular weight is 292 g/mol. The molecule has 0 heterocycles. The summed E-state index contributed by atoms with van der Waals surface area (Å²) in [7, 11) is 1.48. The predicted molar refractivity (Wildman–Crippen MR) is 76.8 cm³/mol. The van der Waals surface area contributed by atoms with Crippen LogP contribution in [0.15, 0.2) is 30.3 Å². The van der Waals surface area contributed by atoms with Crippen molar-refractivity contribution in [2.24, 2.45) is 0 Å². The van der Waals surface area contributed by atoms with Crippen LogP contribution in [-0.4, -0.2) is 7.11 Å². The molecule has 0 saturated heterocycles. The van der Waals surface area contributed by atoms with Crippen LogP contribution in [-0.2, 0) is 0 Å². The number of para-hydroxylation sites is 1. The van der Waals surface area contributed by atoms with Crippen LogP contribution in [0, 0.1) is 17.1 Å². The molecule has 2 aromatic rings. The summed E-state index contributed by atoms with van der Waals surface area (Å²) in [5.74, 6) is -0.143. The summed E-state index contributed by atoms with van der Waals surface area (Å²) in [6.07, 6.45) is 0. The summed E-state index contributed by atoms with van der Waals surface area (Å²) in [5.41, 5.74) is 7.15. The summed E-state index contributed by atoms with van der Waals surface area (Å²) in [4.78, 5) is 0. The minimum atomic E-state index is -0.600. The van der Waals surface area contributed by atoms with Crippen LogP contribution in [0.3, 0.4) is 0 Å². The summed E-state index contributed by atoms with van der Waals surface area (Å²) in [6.45, 7) is 0. The fourth-order valence-electron chi connectivity index (χ4n) is 1.73. The molecule has 6 heteroatoms. The van der Waals surface area contributed by atoms with Gasteiger partial charge in [-0.3, -0.25) is 0 Å². The average Bonchev–Trinajstić information content (AvgIpc) is 2.44. The molecule has 0 aliphatic carbocycles. The molecule has 2 rings (SSSR count). The van der Waals surface area contributed by atoms with Gasteiger partial charge in [-0.1, -0.05) is 17.7 Å². The number of nitrogens with one attached hydrogen (secondary N) is 1. The summed E-state index contributed by atoms with van der Waals surface area (Å²) in [6, 6.07) is 9.50. The van der Waals surface area contributed by atoms with Crippen molar-refractivity contribution in [3.8, 4) is 11.8 Å². The molecule has 4 nitrogen and oxygen atoms in total. The predicted octanol–water partition coefficient (Wildman–Crippen LogP) is 3.69. The first-order valence-electron chi connectivity index (χ1n) is 5.65. The van der Waals surface area contributed by atoms with E-state index in [1.165, 1.54) is 19.2 Å². The summed E-state index contributed by atoms with van der Waals surface area (Å²) < 4.78 is 18.7. The molecule has 0 fully saturated rings. The van der Waals surface area contributed by atoms with E-state index in [4.69, 9.17) is 27.3 Å². The SMILES string of the molecule is COc1cccc(C#N)c1Nc1cc(F)c(Cl)cc1N. The third-order valence-electron chi connectivity index (χ3n) is 2.72. The Balaban J connectivity index is 2.50. The van der Waals surface area contributed by atoms with E-state index in [2.05, 4.69) is 5.32 Å². The molecule has 20 heavy (non-hydrogen) atoms. The summed E-state index contributed by atoms with van der Waals surface area (Å²) in [5, 5.41) is 12.0. The Morgan fingerprint density at radius 3 is 2.80 bits per heavy atom. The molecule has 0 aromatic heterocycles. The highest BCUT2D eigenvalue weighted by atomic mass is 35.5. The van der Waals surface area contributed by atoms with E-state index in [-0.39, 0.29) is 10.7 Å². The van der Waals surface area contributed by atoms with Crippen molar-refractivity contribution in [3.05, 3.63) is 46.7 Å². The number of hydrogen-bond acceptors (Lipinski definition) is 4. The maximum atomic E-state index is 13.5. The van der Waals surface area contributed by atoms with Crippen molar-refractivity contribution in [1.29, 1.82) is 5.26 Å². The van der Waals surface area contributed by atoms with Crippen LogP contribution in [0.1, 0.15) is 5.56 Å². The van der Waals surface area contributed by atoms with E-state index in [9.17, 15) is 4.39 Å². The van der Waals surface area contributed by atoms with Gasteiger partial charge >= 0.3 is 0 Å². The lowest BCUT2D eigenvalue weighted by Gasteiger charge is -2.14. The van der Waals surface area contributed by atoms with Gasteiger partial charge in [-0.25, -0.2) is 4.39 Å². The zero-order valence-corrected chi connectivity index (χ0v) is 11.3. The molecule has 3 N–H and O–H groups in total. The van der Waals surface area contributed by atoms with Crippen LogP contribution in [0.25, 0.3) is 0 Å². The molecular weight excluding hydrogens is 281 g/mol. The minimum Gasteiger partial charge on any atom is -0.495 e. The fourth-order valence-corrected chi connectivity index (χ4v) is 1.90. The monoisotopic (exact) mass is 291 g/mol. The number of anilines is 3. The van der Waals surface area contributed by atoms with Crippen LogP contribution in [0.5, 0.6) is 5.75 Å². The van der Waals surface area contributed by atoms with Crippen molar-refractivity contribution in [2.45, 2.75) is 0 Å². The number of nitrogens with zero attached hydrogens (tertiary/aromatic N) is 1. The number of methoxy groups -OCH3 is 1. The number of rotatable bonds is 3. The first-order chi connectivity index (χ1) is 9.56. The molecule has 0 atom stereocenters. The highest BCUT2D eigenvalue weighted by Crippen LogP contribution is 2.34. The molecule has 0 saturated carbocycles. The maximum Gasteiger partial charge on any atom is 0.144 e. The smallest absolute Gasteiger partial charge is 0.144 e. The Kier molecular flexibility index (Phi) is 3.97. The largest absolute Gasteiger partial charge is 0.495 e. The number of ether oxygens (including phenoxy) is 1. The van der Waals surface area contributed by atoms with E-state index >= 15 is 0 Å². The van der Waals surface area contributed by atoms with E-state index in [0.29, 0.717) is 22.7 Å². The zero-order chi connectivity index (χ0) is 14.7. The van der Waals surface area contributed by atoms with Crippen LogP contribution in [0.4, 0.5) is 21.5 Å². The second-order valence-electron chi connectivity index (χ2n) is 3.97.